The highest BCUT2D eigenvalue weighted by Crippen LogP contribution is 2.13. The summed E-state index contributed by atoms with van der Waals surface area (Å²) in [4.78, 5) is 23.7. The zero-order valence-corrected chi connectivity index (χ0v) is 24.9. The van der Waals surface area contributed by atoms with Gasteiger partial charge in [0.25, 0.3) is 0 Å². The lowest BCUT2D eigenvalue weighted by Gasteiger charge is -2.04. The molecule has 0 amide bonds. The summed E-state index contributed by atoms with van der Waals surface area (Å²) >= 11 is 0. The van der Waals surface area contributed by atoms with Gasteiger partial charge in [-0.05, 0) is 44.9 Å². The third-order valence-electron chi connectivity index (χ3n) is 7.04. The molecule has 0 aromatic heterocycles. The van der Waals surface area contributed by atoms with E-state index >= 15 is 0 Å². The van der Waals surface area contributed by atoms with E-state index in [9.17, 15) is 9.59 Å². The number of ether oxygens (including phenoxy) is 1. The van der Waals surface area contributed by atoms with Crippen LogP contribution in [0.5, 0.6) is 0 Å². The number of carbonyl (C=O) groups is 2. The molecule has 0 fully saturated rings. The lowest BCUT2D eigenvalue weighted by atomic mass is 10.0. The van der Waals surface area contributed by atoms with E-state index in [1.165, 1.54) is 109 Å². The maximum absolute atomic E-state index is 11.9. The molecule has 3 heteroatoms. The smallest absolute Gasteiger partial charge is 0.313 e. The molecule has 0 aliphatic rings. The fourth-order valence-corrected chi connectivity index (χ4v) is 4.60. The van der Waals surface area contributed by atoms with E-state index in [0.29, 0.717) is 12.8 Å². The summed E-state index contributed by atoms with van der Waals surface area (Å²) in [6.07, 6.45) is 39.3. The summed E-state index contributed by atoms with van der Waals surface area (Å²) in [5.74, 6) is -0.680. The second-order valence-electron chi connectivity index (χ2n) is 10.8. The van der Waals surface area contributed by atoms with Crippen LogP contribution in [0.25, 0.3) is 0 Å². The topological polar surface area (TPSA) is 43.4 Å². The lowest BCUT2D eigenvalue weighted by molar-refractivity contribution is -0.159. The molecule has 0 aliphatic heterocycles. The fourth-order valence-electron chi connectivity index (χ4n) is 4.60. The summed E-state index contributed by atoms with van der Waals surface area (Å²) < 4.78 is 4.98. The number of hydrogen-bond donors (Lipinski definition) is 0. The van der Waals surface area contributed by atoms with Crippen LogP contribution in [0, 0.1) is 0 Å². The summed E-state index contributed by atoms with van der Waals surface area (Å²) in [6.45, 7) is 4.51. The van der Waals surface area contributed by atoms with Gasteiger partial charge in [-0.3, -0.25) is 9.59 Å². The molecule has 0 radical (unpaired) electrons. The number of unbranched alkanes of at least 4 members (excludes halogenated alkanes) is 20. The van der Waals surface area contributed by atoms with Crippen LogP contribution in [-0.2, 0) is 14.3 Å². The predicted octanol–water partition coefficient (Wildman–Crippen LogP) is 11.4. The van der Waals surface area contributed by atoms with Crippen LogP contribution in [0.3, 0.4) is 0 Å². The first-order chi connectivity index (χ1) is 18.2. The second-order valence-corrected chi connectivity index (χ2v) is 10.8. The van der Waals surface area contributed by atoms with Crippen molar-refractivity contribution in [2.45, 2.75) is 181 Å². The number of carbonyl (C=O) groups excluding carboxylic acids is 2. The Labute approximate surface area is 231 Å². The molecule has 0 aromatic rings. The number of esters is 2. The maximum Gasteiger partial charge on any atom is 0.313 e. The van der Waals surface area contributed by atoms with Gasteiger partial charge in [0, 0.05) is 12.8 Å². The molecule has 0 aromatic carbocycles. The van der Waals surface area contributed by atoms with E-state index < -0.39 is 0 Å². The normalized spacial score (nSPS) is 11.6. The number of rotatable bonds is 28. The minimum absolute atomic E-state index is 0.337. The van der Waals surface area contributed by atoms with E-state index in [2.05, 4.69) is 38.2 Å². The summed E-state index contributed by atoms with van der Waals surface area (Å²) in [5, 5.41) is 0. The van der Waals surface area contributed by atoms with Crippen LogP contribution >= 0.6 is 0 Å². The van der Waals surface area contributed by atoms with Crippen molar-refractivity contribution in [3.05, 3.63) is 24.3 Å². The monoisotopic (exact) mass is 518 g/mol. The number of allylic oxidation sites excluding steroid dienone is 4. The second kappa shape index (κ2) is 30.8. The summed E-state index contributed by atoms with van der Waals surface area (Å²) in [7, 11) is 0. The predicted molar refractivity (Wildman–Crippen MR) is 161 cm³/mol. The van der Waals surface area contributed by atoms with Crippen molar-refractivity contribution < 1.29 is 14.3 Å². The average molecular weight is 519 g/mol. The Morgan fingerprint density at radius 3 is 1.19 bits per heavy atom. The molecule has 0 N–H and O–H groups in total. The molecule has 0 unspecified atom stereocenters. The third-order valence-corrected chi connectivity index (χ3v) is 7.04. The van der Waals surface area contributed by atoms with E-state index in [1.807, 2.05) is 0 Å². The largest absolute Gasteiger partial charge is 0.393 e. The Morgan fingerprint density at radius 1 is 0.432 bits per heavy atom. The zero-order valence-electron chi connectivity index (χ0n) is 24.9. The molecule has 216 valence electrons. The van der Waals surface area contributed by atoms with E-state index in [-0.39, 0.29) is 11.9 Å². The third kappa shape index (κ3) is 30.7. The van der Waals surface area contributed by atoms with Crippen LogP contribution in [0.4, 0.5) is 0 Å². The lowest BCUT2D eigenvalue weighted by Crippen LogP contribution is -2.11. The van der Waals surface area contributed by atoms with Gasteiger partial charge in [-0.25, -0.2) is 0 Å². The van der Waals surface area contributed by atoms with Crippen molar-refractivity contribution in [3.63, 3.8) is 0 Å². The zero-order chi connectivity index (χ0) is 27.1. The van der Waals surface area contributed by atoms with Gasteiger partial charge >= 0.3 is 11.9 Å². The van der Waals surface area contributed by atoms with Crippen LogP contribution in [0.1, 0.15) is 181 Å². The van der Waals surface area contributed by atoms with Gasteiger partial charge in [-0.1, -0.05) is 147 Å². The molecule has 0 bridgehead atoms. The number of hydrogen-bond acceptors (Lipinski definition) is 3. The van der Waals surface area contributed by atoms with Crippen molar-refractivity contribution >= 4 is 11.9 Å². The molecule has 3 nitrogen and oxygen atoms in total. The van der Waals surface area contributed by atoms with Crippen molar-refractivity contribution in [3.8, 4) is 0 Å². The first kappa shape index (κ1) is 35.6. The summed E-state index contributed by atoms with van der Waals surface area (Å²) in [5.41, 5.74) is 0. The average Bonchev–Trinajstić information content (AvgIpc) is 2.89. The summed E-state index contributed by atoms with van der Waals surface area (Å²) in [6, 6.07) is 0. The first-order valence-corrected chi connectivity index (χ1v) is 16.2. The SMILES string of the molecule is CCCCC/C=C\C/C=C\CCCCCCCC(=O)OC(=O)CCCCCCCCCCCCCCC. The van der Waals surface area contributed by atoms with Crippen molar-refractivity contribution in [2.24, 2.45) is 0 Å². The molecular formula is C34H62O3. The Morgan fingerprint density at radius 2 is 0.757 bits per heavy atom. The van der Waals surface area contributed by atoms with Crippen LogP contribution < -0.4 is 0 Å². The van der Waals surface area contributed by atoms with Crippen molar-refractivity contribution in [1.82, 2.24) is 0 Å². The first-order valence-electron chi connectivity index (χ1n) is 16.2. The molecule has 0 saturated heterocycles. The van der Waals surface area contributed by atoms with Gasteiger partial charge in [0.1, 0.15) is 0 Å². The van der Waals surface area contributed by atoms with Crippen molar-refractivity contribution in [1.29, 1.82) is 0 Å². The molecule has 0 atom stereocenters. The highest BCUT2D eigenvalue weighted by atomic mass is 16.6. The Bertz CT molecular complexity index is 549. The molecule has 0 aliphatic carbocycles. The van der Waals surface area contributed by atoms with Crippen molar-refractivity contribution in [2.75, 3.05) is 0 Å². The molecular weight excluding hydrogens is 456 g/mol. The maximum atomic E-state index is 11.9. The van der Waals surface area contributed by atoms with Gasteiger partial charge in [-0.2, -0.15) is 0 Å². The van der Waals surface area contributed by atoms with E-state index in [0.717, 1.165) is 44.9 Å². The van der Waals surface area contributed by atoms with Crippen LogP contribution in [0.15, 0.2) is 24.3 Å². The Kier molecular flexibility index (Phi) is 29.7. The Balaban J connectivity index is 3.37. The van der Waals surface area contributed by atoms with E-state index in [1.54, 1.807) is 0 Å². The Hall–Kier alpha value is -1.38. The van der Waals surface area contributed by atoms with Gasteiger partial charge < -0.3 is 4.74 Å². The highest BCUT2D eigenvalue weighted by Gasteiger charge is 2.09. The molecule has 0 spiro atoms. The van der Waals surface area contributed by atoms with Gasteiger partial charge in [0.2, 0.25) is 0 Å². The minimum Gasteiger partial charge on any atom is -0.393 e. The standard InChI is InChI=1S/C34H62O3/c1-3-5-7-9-11-13-15-17-18-20-22-24-26-28-30-32-34(36)37-33(35)31-29-27-25-23-21-19-16-14-12-10-8-6-4-2/h11,13,17-18H,3-10,12,14-16,19-32H2,1-2H3/b13-11-,18-17-. The molecule has 0 saturated carbocycles. The molecule has 0 heterocycles. The fraction of sp³-hybridized carbons (Fsp3) is 0.824. The van der Waals surface area contributed by atoms with Crippen LogP contribution in [-0.4, -0.2) is 11.9 Å². The highest BCUT2D eigenvalue weighted by molar-refractivity contribution is 5.85. The van der Waals surface area contributed by atoms with Crippen LogP contribution in [0.2, 0.25) is 0 Å². The van der Waals surface area contributed by atoms with Gasteiger partial charge in [0.05, 0.1) is 0 Å². The quantitative estimate of drug-likeness (QED) is 0.0447. The van der Waals surface area contributed by atoms with E-state index in [4.69, 9.17) is 4.74 Å². The molecule has 0 rings (SSSR count). The van der Waals surface area contributed by atoms with Gasteiger partial charge in [0.15, 0.2) is 0 Å². The molecule has 37 heavy (non-hydrogen) atoms. The van der Waals surface area contributed by atoms with Gasteiger partial charge in [-0.15, -0.1) is 0 Å². The minimum atomic E-state index is -0.342.